The summed E-state index contributed by atoms with van der Waals surface area (Å²) in [6, 6.07) is 6.37. The fraction of sp³-hybridized carbons (Fsp3) is 0.500. The van der Waals surface area contributed by atoms with E-state index in [0.29, 0.717) is 6.04 Å². The Morgan fingerprint density at radius 2 is 2.00 bits per heavy atom. The normalized spacial score (nSPS) is 17.6. The van der Waals surface area contributed by atoms with Crippen molar-refractivity contribution in [3.63, 3.8) is 0 Å². The predicted octanol–water partition coefficient (Wildman–Crippen LogP) is 1.89. The summed E-state index contributed by atoms with van der Waals surface area (Å²) in [7, 11) is 2.18. The highest BCUT2D eigenvalue weighted by Gasteiger charge is 2.19. The monoisotopic (exact) mass is 326 g/mol. The lowest BCUT2D eigenvalue weighted by Crippen LogP contribution is -2.49. The van der Waals surface area contributed by atoms with E-state index in [1.54, 1.807) is 12.4 Å². The van der Waals surface area contributed by atoms with Crippen molar-refractivity contribution >= 4 is 5.82 Å². The molecular weight excluding hydrogens is 300 g/mol. The van der Waals surface area contributed by atoms with Crippen molar-refractivity contribution in [2.75, 3.05) is 45.1 Å². The van der Waals surface area contributed by atoms with Crippen LogP contribution in [-0.4, -0.2) is 70.6 Å². The topological polar surface area (TPSA) is 57.2 Å². The molecule has 3 rings (SSSR count). The quantitative estimate of drug-likeness (QED) is 0.905. The van der Waals surface area contributed by atoms with Crippen molar-refractivity contribution in [3.8, 4) is 11.4 Å². The van der Waals surface area contributed by atoms with Gasteiger partial charge in [-0.25, -0.2) is 9.97 Å². The van der Waals surface area contributed by atoms with E-state index in [9.17, 15) is 0 Å². The molecule has 0 aliphatic carbocycles. The maximum atomic E-state index is 4.64. The maximum Gasteiger partial charge on any atom is 0.163 e. The largest absolute Gasteiger partial charge is 0.368 e. The van der Waals surface area contributed by atoms with Gasteiger partial charge in [0, 0.05) is 68.5 Å². The van der Waals surface area contributed by atoms with Gasteiger partial charge in [-0.05, 0) is 33.0 Å². The SMILES string of the molecule is Cc1cc(NCC(C)N2CCN(C)CC2)nc(-c2cccnc2)n1. The van der Waals surface area contributed by atoms with E-state index in [1.165, 1.54) is 0 Å². The smallest absolute Gasteiger partial charge is 0.163 e. The van der Waals surface area contributed by atoms with Crippen LogP contribution in [0.2, 0.25) is 0 Å². The summed E-state index contributed by atoms with van der Waals surface area (Å²) < 4.78 is 0. The number of pyridine rings is 1. The first-order valence-corrected chi connectivity index (χ1v) is 8.54. The molecule has 1 fully saturated rings. The molecule has 6 nitrogen and oxygen atoms in total. The van der Waals surface area contributed by atoms with Gasteiger partial charge in [0.15, 0.2) is 5.82 Å². The van der Waals surface area contributed by atoms with Crippen molar-refractivity contribution in [2.24, 2.45) is 0 Å². The minimum Gasteiger partial charge on any atom is -0.368 e. The van der Waals surface area contributed by atoms with Crippen molar-refractivity contribution in [1.29, 1.82) is 0 Å². The highest BCUT2D eigenvalue weighted by molar-refractivity contribution is 5.56. The molecule has 1 aliphatic heterocycles. The summed E-state index contributed by atoms with van der Waals surface area (Å²) in [5.74, 6) is 1.60. The molecule has 0 bridgehead atoms. The average Bonchev–Trinajstić information content (AvgIpc) is 2.60. The first kappa shape index (κ1) is 16.8. The highest BCUT2D eigenvalue weighted by Crippen LogP contribution is 2.17. The molecular formula is C18H26N6. The first-order valence-electron chi connectivity index (χ1n) is 8.54. The molecule has 0 aromatic carbocycles. The molecule has 1 aliphatic rings. The fourth-order valence-corrected chi connectivity index (χ4v) is 2.93. The van der Waals surface area contributed by atoms with Gasteiger partial charge in [0.25, 0.3) is 0 Å². The van der Waals surface area contributed by atoms with Gasteiger partial charge in [0.05, 0.1) is 0 Å². The van der Waals surface area contributed by atoms with Gasteiger partial charge in [-0.3, -0.25) is 9.88 Å². The molecule has 6 heteroatoms. The number of aryl methyl sites for hydroxylation is 1. The Morgan fingerprint density at radius 1 is 1.21 bits per heavy atom. The van der Waals surface area contributed by atoms with Crippen molar-refractivity contribution in [1.82, 2.24) is 24.8 Å². The molecule has 1 saturated heterocycles. The minimum absolute atomic E-state index is 0.482. The lowest BCUT2D eigenvalue weighted by Gasteiger charge is -2.36. The minimum atomic E-state index is 0.482. The van der Waals surface area contributed by atoms with E-state index in [4.69, 9.17) is 0 Å². The van der Waals surface area contributed by atoms with Crippen LogP contribution in [0.5, 0.6) is 0 Å². The Labute approximate surface area is 143 Å². The van der Waals surface area contributed by atoms with E-state index in [2.05, 4.69) is 44.0 Å². The molecule has 24 heavy (non-hydrogen) atoms. The second-order valence-electron chi connectivity index (χ2n) is 6.53. The van der Waals surface area contributed by atoms with E-state index in [-0.39, 0.29) is 0 Å². The van der Waals surface area contributed by atoms with Gasteiger partial charge in [0.2, 0.25) is 0 Å². The molecule has 2 aromatic heterocycles. The number of likely N-dealkylation sites (N-methyl/N-ethyl adjacent to an activating group) is 1. The molecule has 0 spiro atoms. The lowest BCUT2D eigenvalue weighted by atomic mass is 10.2. The molecule has 1 atom stereocenters. The van der Waals surface area contributed by atoms with Crippen molar-refractivity contribution in [3.05, 3.63) is 36.3 Å². The molecule has 0 amide bonds. The van der Waals surface area contributed by atoms with Crippen molar-refractivity contribution in [2.45, 2.75) is 19.9 Å². The molecule has 0 saturated carbocycles. The fourth-order valence-electron chi connectivity index (χ4n) is 2.93. The summed E-state index contributed by atoms with van der Waals surface area (Å²) >= 11 is 0. The summed E-state index contributed by atoms with van der Waals surface area (Å²) in [6.45, 7) is 9.69. The third kappa shape index (κ3) is 4.27. The zero-order chi connectivity index (χ0) is 16.9. The zero-order valence-electron chi connectivity index (χ0n) is 14.7. The Morgan fingerprint density at radius 3 is 2.71 bits per heavy atom. The number of rotatable bonds is 5. The average molecular weight is 326 g/mol. The van der Waals surface area contributed by atoms with Gasteiger partial charge in [-0.15, -0.1) is 0 Å². The van der Waals surface area contributed by atoms with Crippen LogP contribution in [-0.2, 0) is 0 Å². The lowest BCUT2D eigenvalue weighted by molar-refractivity contribution is 0.123. The predicted molar refractivity (Wildman–Crippen MR) is 97.0 cm³/mol. The zero-order valence-corrected chi connectivity index (χ0v) is 14.7. The molecule has 128 valence electrons. The third-order valence-electron chi connectivity index (χ3n) is 4.51. The van der Waals surface area contributed by atoms with Crippen LogP contribution >= 0.6 is 0 Å². The van der Waals surface area contributed by atoms with Gasteiger partial charge in [-0.1, -0.05) is 0 Å². The Bertz CT molecular complexity index is 652. The molecule has 0 radical (unpaired) electrons. The molecule has 2 aromatic rings. The summed E-state index contributed by atoms with van der Waals surface area (Å²) in [5, 5.41) is 3.48. The second-order valence-corrected chi connectivity index (χ2v) is 6.53. The van der Waals surface area contributed by atoms with Gasteiger partial charge in [0.1, 0.15) is 5.82 Å². The van der Waals surface area contributed by atoms with Crippen LogP contribution in [0.25, 0.3) is 11.4 Å². The number of nitrogens with one attached hydrogen (secondary N) is 1. The second kappa shape index (κ2) is 7.68. The van der Waals surface area contributed by atoms with Crippen LogP contribution in [0, 0.1) is 6.92 Å². The molecule has 3 heterocycles. The summed E-state index contributed by atoms with van der Waals surface area (Å²) in [6.07, 6.45) is 3.56. The van der Waals surface area contributed by atoms with E-state index in [1.807, 2.05) is 25.1 Å². The van der Waals surface area contributed by atoms with Crippen LogP contribution in [0.1, 0.15) is 12.6 Å². The van der Waals surface area contributed by atoms with Crippen LogP contribution in [0.4, 0.5) is 5.82 Å². The number of hydrogen-bond acceptors (Lipinski definition) is 6. The van der Waals surface area contributed by atoms with Gasteiger partial charge < -0.3 is 10.2 Å². The maximum absolute atomic E-state index is 4.64. The highest BCUT2D eigenvalue weighted by atomic mass is 15.3. The Kier molecular flexibility index (Phi) is 5.37. The van der Waals surface area contributed by atoms with E-state index in [0.717, 1.165) is 55.6 Å². The van der Waals surface area contributed by atoms with Crippen LogP contribution in [0.15, 0.2) is 30.6 Å². The third-order valence-corrected chi connectivity index (χ3v) is 4.51. The number of piperazine rings is 1. The summed E-state index contributed by atoms with van der Waals surface area (Å²) in [5.41, 5.74) is 1.90. The Balaban J connectivity index is 1.64. The number of nitrogens with zero attached hydrogens (tertiary/aromatic N) is 5. The van der Waals surface area contributed by atoms with Crippen molar-refractivity contribution < 1.29 is 0 Å². The van der Waals surface area contributed by atoms with Gasteiger partial charge in [-0.2, -0.15) is 0 Å². The van der Waals surface area contributed by atoms with Crippen LogP contribution < -0.4 is 5.32 Å². The number of hydrogen-bond donors (Lipinski definition) is 1. The molecule has 1 unspecified atom stereocenters. The van der Waals surface area contributed by atoms with Gasteiger partial charge >= 0.3 is 0 Å². The number of aromatic nitrogens is 3. The first-order chi connectivity index (χ1) is 11.6. The standard InChI is InChI=1S/C18H26N6/c1-14-11-17(22-18(21-14)16-5-4-6-19-13-16)20-12-15(2)24-9-7-23(3)8-10-24/h4-6,11,13,15H,7-10,12H2,1-3H3,(H,20,21,22). The van der Waals surface area contributed by atoms with E-state index < -0.39 is 0 Å². The van der Waals surface area contributed by atoms with E-state index >= 15 is 0 Å². The van der Waals surface area contributed by atoms with Crippen LogP contribution in [0.3, 0.4) is 0 Å². The Hall–Kier alpha value is -2.05. The molecule has 1 N–H and O–H groups in total. The summed E-state index contributed by atoms with van der Waals surface area (Å²) in [4.78, 5) is 18.2. The number of anilines is 1.